The third-order valence-corrected chi connectivity index (χ3v) is 7.48. The molecule has 1 aliphatic heterocycles. The Morgan fingerprint density at radius 3 is 2.31 bits per heavy atom. The molecule has 4 atom stereocenters. The average molecular weight is 514 g/mol. The predicted molar refractivity (Wildman–Crippen MR) is 146 cm³/mol. The molecule has 0 spiro atoms. The number of rotatable bonds is 11. The SMILES string of the molecule is Cl.O=C(O)CC/C=C\CC[C@@H]1[C@@H](N2CCCCC2)[C@@H](O)C[C@@H]1OCc1ccc(-c2ccccc2)cc1. The summed E-state index contributed by atoms with van der Waals surface area (Å²) in [5, 5.41) is 19.9. The van der Waals surface area contributed by atoms with E-state index in [2.05, 4.69) is 59.5 Å². The van der Waals surface area contributed by atoms with E-state index in [0.29, 0.717) is 19.4 Å². The van der Waals surface area contributed by atoms with Gasteiger partial charge in [0.25, 0.3) is 0 Å². The van der Waals surface area contributed by atoms with Gasteiger partial charge in [0.2, 0.25) is 0 Å². The normalized spacial score (nSPS) is 24.6. The molecule has 1 saturated heterocycles. The van der Waals surface area contributed by atoms with Gasteiger partial charge >= 0.3 is 5.97 Å². The maximum atomic E-state index is 11.0. The second kappa shape index (κ2) is 14.5. The van der Waals surface area contributed by atoms with E-state index < -0.39 is 5.97 Å². The van der Waals surface area contributed by atoms with Crippen LogP contribution in [0.2, 0.25) is 0 Å². The first-order valence-corrected chi connectivity index (χ1v) is 13.2. The summed E-state index contributed by atoms with van der Waals surface area (Å²) < 4.78 is 6.46. The van der Waals surface area contributed by atoms with Gasteiger partial charge in [-0.3, -0.25) is 9.69 Å². The Balaban J connectivity index is 0.00000361. The first-order chi connectivity index (χ1) is 17.1. The second-order valence-electron chi connectivity index (χ2n) is 9.95. The predicted octanol–water partition coefficient (Wildman–Crippen LogP) is 6.10. The second-order valence-corrected chi connectivity index (χ2v) is 9.95. The fourth-order valence-corrected chi connectivity index (χ4v) is 5.69. The lowest BCUT2D eigenvalue weighted by molar-refractivity contribution is -0.136. The van der Waals surface area contributed by atoms with Crippen molar-refractivity contribution in [3.8, 4) is 11.1 Å². The van der Waals surface area contributed by atoms with Crippen molar-refractivity contribution in [2.45, 2.75) is 76.2 Å². The number of hydrogen-bond acceptors (Lipinski definition) is 4. The van der Waals surface area contributed by atoms with E-state index >= 15 is 0 Å². The Morgan fingerprint density at radius 1 is 0.944 bits per heavy atom. The molecule has 4 rings (SSSR count). The van der Waals surface area contributed by atoms with Crippen LogP contribution in [0.1, 0.15) is 56.9 Å². The highest BCUT2D eigenvalue weighted by Crippen LogP contribution is 2.38. The van der Waals surface area contributed by atoms with Crippen molar-refractivity contribution in [2.75, 3.05) is 13.1 Å². The van der Waals surface area contributed by atoms with E-state index in [9.17, 15) is 9.90 Å². The van der Waals surface area contributed by atoms with Crippen molar-refractivity contribution in [3.63, 3.8) is 0 Å². The van der Waals surface area contributed by atoms with Crippen LogP contribution in [0.4, 0.5) is 0 Å². The third-order valence-electron chi connectivity index (χ3n) is 7.48. The van der Waals surface area contributed by atoms with E-state index in [0.717, 1.165) is 31.5 Å². The molecule has 1 aliphatic carbocycles. The molecule has 196 valence electrons. The minimum Gasteiger partial charge on any atom is -0.481 e. The lowest BCUT2D eigenvalue weighted by Crippen LogP contribution is -2.47. The number of carboxylic acids is 1. The molecule has 36 heavy (non-hydrogen) atoms. The van der Waals surface area contributed by atoms with Gasteiger partial charge in [-0.2, -0.15) is 0 Å². The van der Waals surface area contributed by atoms with Crippen LogP contribution in [0, 0.1) is 5.92 Å². The molecule has 0 aromatic heterocycles. The Bertz CT molecular complexity index is 943. The Hall–Kier alpha value is -2.18. The van der Waals surface area contributed by atoms with Gasteiger partial charge in [0.15, 0.2) is 0 Å². The van der Waals surface area contributed by atoms with E-state index in [1.165, 1.54) is 30.4 Å². The zero-order valence-electron chi connectivity index (χ0n) is 21.0. The molecule has 2 aromatic rings. The van der Waals surface area contributed by atoms with Crippen LogP contribution >= 0.6 is 12.4 Å². The maximum Gasteiger partial charge on any atom is 0.303 e. The monoisotopic (exact) mass is 513 g/mol. The van der Waals surface area contributed by atoms with Crippen LogP contribution < -0.4 is 0 Å². The summed E-state index contributed by atoms with van der Waals surface area (Å²) in [6.45, 7) is 2.66. The minimum atomic E-state index is -0.760. The fourth-order valence-electron chi connectivity index (χ4n) is 5.69. The number of allylic oxidation sites excluding steroid dienone is 2. The number of aliphatic carboxylic acids is 1. The van der Waals surface area contributed by atoms with Crippen LogP contribution in [0.5, 0.6) is 0 Å². The minimum absolute atomic E-state index is 0. The number of halogens is 1. The van der Waals surface area contributed by atoms with Crippen molar-refractivity contribution < 1.29 is 19.7 Å². The first kappa shape index (κ1) is 28.4. The number of benzene rings is 2. The van der Waals surface area contributed by atoms with Gasteiger partial charge in [-0.05, 0) is 61.9 Å². The first-order valence-electron chi connectivity index (χ1n) is 13.2. The van der Waals surface area contributed by atoms with Gasteiger partial charge in [-0.25, -0.2) is 0 Å². The third kappa shape index (κ3) is 7.91. The zero-order valence-corrected chi connectivity index (χ0v) is 21.8. The molecule has 6 heteroatoms. The Kier molecular flexibility index (Phi) is 11.5. The summed E-state index contributed by atoms with van der Waals surface area (Å²) in [6, 6.07) is 19.1. The van der Waals surface area contributed by atoms with E-state index in [-0.39, 0.29) is 43.0 Å². The number of carbonyl (C=O) groups is 1. The van der Waals surface area contributed by atoms with Crippen LogP contribution in [-0.4, -0.2) is 52.4 Å². The molecule has 2 aliphatic rings. The van der Waals surface area contributed by atoms with E-state index in [4.69, 9.17) is 9.84 Å². The quantitative estimate of drug-likeness (QED) is 0.355. The van der Waals surface area contributed by atoms with E-state index in [1.54, 1.807) is 0 Å². The molecule has 2 fully saturated rings. The molecule has 5 nitrogen and oxygen atoms in total. The number of aliphatic hydroxyl groups excluding tert-OH is 1. The highest BCUT2D eigenvalue weighted by molar-refractivity contribution is 5.85. The van der Waals surface area contributed by atoms with Gasteiger partial charge in [0.1, 0.15) is 0 Å². The molecule has 2 aromatic carbocycles. The summed E-state index contributed by atoms with van der Waals surface area (Å²) in [5.41, 5.74) is 3.55. The highest BCUT2D eigenvalue weighted by atomic mass is 35.5. The van der Waals surface area contributed by atoms with Crippen LogP contribution in [0.25, 0.3) is 11.1 Å². The largest absolute Gasteiger partial charge is 0.481 e. The number of carboxylic acid groups (broad SMARTS) is 1. The topological polar surface area (TPSA) is 70.0 Å². The number of ether oxygens (including phenoxy) is 1. The number of aliphatic hydroxyl groups is 1. The van der Waals surface area contributed by atoms with Gasteiger partial charge in [-0.1, -0.05) is 73.2 Å². The van der Waals surface area contributed by atoms with Crippen LogP contribution in [0.3, 0.4) is 0 Å². The lowest BCUT2D eigenvalue weighted by atomic mass is 9.92. The van der Waals surface area contributed by atoms with Crippen molar-refractivity contribution in [3.05, 3.63) is 72.3 Å². The summed E-state index contributed by atoms with van der Waals surface area (Å²) in [5.74, 6) is -0.486. The summed E-state index contributed by atoms with van der Waals surface area (Å²) >= 11 is 0. The van der Waals surface area contributed by atoms with Crippen LogP contribution in [-0.2, 0) is 16.1 Å². The molecular formula is C30H40ClNO4. The molecule has 0 amide bonds. The average Bonchev–Trinajstić information content (AvgIpc) is 3.20. The molecular weight excluding hydrogens is 474 g/mol. The molecule has 0 bridgehead atoms. The lowest BCUT2D eigenvalue weighted by Gasteiger charge is -2.38. The summed E-state index contributed by atoms with van der Waals surface area (Å²) in [6.07, 6.45) is 10.6. The maximum absolute atomic E-state index is 11.0. The Labute approximate surface area is 221 Å². The number of piperidine rings is 1. The smallest absolute Gasteiger partial charge is 0.303 e. The fraction of sp³-hybridized carbons (Fsp3) is 0.500. The number of likely N-dealkylation sites (tertiary alicyclic amines) is 1. The van der Waals surface area contributed by atoms with Gasteiger partial charge in [0, 0.05) is 24.8 Å². The number of nitrogens with zero attached hydrogens (tertiary/aromatic N) is 1. The molecule has 1 heterocycles. The van der Waals surface area contributed by atoms with Crippen LogP contribution in [0.15, 0.2) is 66.7 Å². The van der Waals surface area contributed by atoms with Crippen molar-refractivity contribution in [1.82, 2.24) is 4.90 Å². The molecule has 2 N–H and O–H groups in total. The molecule has 1 saturated carbocycles. The van der Waals surface area contributed by atoms with Crippen molar-refractivity contribution >= 4 is 18.4 Å². The van der Waals surface area contributed by atoms with Crippen molar-refractivity contribution in [1.29, 1.82) is 0 Å². The van der Waals surface area contributed by atoms with Gasteiger partial charge < -0.3 is 14.9 Å². The molecule has 0 unspecified atom stereocenters. The summed E-state index contributed by atoms with van der Waals surface area (Å²) in [7, 11) is 0. The molecule has 0 radical (unpaired) electrons. The van der Waals surface area contributed by atoms with Gasteiger partial charge in [-0.15, -0.1) is 12.4 Å². The van der Waals surface area contributed by atoms with Gasteiger partial charge in [0.05, 0.1) is 18.8 Å². The highest BCUT2D eigenvalue weighted by Gasteiger charge is 2.45. The Morgan fingerprint density at radius 2 is 1.61 bits per heavy atom. The van der Waals surface area contributed by atoms with Crippen molar-refractivity contribution in [2.24, 2.45) is 5.92 Å². The number of hydrogen-bond donors (Lipinski definition) is 2. The zero-order chi connectivity index (χ0) is 24.5. The summed E-state index contributed by atoms with van der Waals surface area (Å²) in [4.78, 5) is 13.2. The van der Waals surface area contributed by atoms with E-state index in [1.807, 2.05) is 12.1 Å². The standard InChI is InChI=1S/C30H39NO4.ClH/c32-27-21-28(35-22-23-15-17-25(18-16-23)24-11-5-3-6-12-24)26(13-7-1-2-8-14-29(33)34)30(27)31-19-9-4-10-20-31;/h1-3,5-6,11-12,15-18,26-28,30,32H,4,7-10,13-14,19-22H2,(H,33,34);1H/b2-1-;/t26-,27-,28-,30+;/m0./s1.